The summed E-state index contributed by atoms with van der Waals surface area (Å²) in [6.07, 6.45) is 3.38. The normalized spacial score (nSPS) is 10.8. The van der Waals surface area contributed by atoms with Crippen molar-refractivity contribution in [2.75, 3.05) is 13.2 Å². The molecule has 0 spiro atoms. The van der Waals surface area contributed by atoms with Gasteiger partial charge in [-0.1, -0.05) is 26.0 Å². The Bertz CT molecular complexity index is 402. The molecule has 0 unspecified atom stereocenters. The maximum atomic E-state index is 10.6. The van der Waals surface area contributed by atoms with E-state index in [0.29, 0.717) is 12.3 Å². The molecule has 0 aliphatic carbocycles. The first kappa shape index (κ1) is 17.5. The Balaban J connectivity index is 2.14. The van der Waals surface area contributed by atoms with Crippen molar-refractivity contribution >= 4 is 5.91 Å². The molecule has 4 heteroatoms. The molecule has 1 aromatic rings. The third kappa shape index (κ3) is 9.08. The highest BCUT2D eigenvalue weighted by molar-refractivity contribution is 5.73. The highest BCUT2D eigenvalue weighted by atomic mass is 16.5. The summed E-state index contributed by atoms with van der Waals surface area (Å²) < 4.78 is 5.69. The van der Waals surface area contributed by atoms with E-state index >= 15 is 0 Å². The Hall–Kier alpha value is -1.55. The zero-order chi connectivity index (χ0) is 15.5. The summed E-state index contributed by atoms with van der Waals surface area (Å²) in [5, 5.41) is 3.36. The number of rotatable bonds is 11. The molecule has 0 aliphatic heterocycles. The summed E-state index contributed by atoms with van der Waals surface area (Å²) >= 11 is 0. The van der Waals surface area contributed by atoms with Crippen LogP contribution in [0.4, 0.5) is 0 Å². The third-order valence-corrected chi connectivity index (χ3v) is 3.24. The molecule has 4 nitrogen and oxygen atoms in total. The van der Waals surface area contributed by atoms with E-state index in [2.05, 4.69) is 31.3 Å². The lowest BCUT2D eigenvalue weighted by molar-refractivity contribution is -0.118. The summed E-state index contributed by atoms with van der Waals surface area (Å²) in [6, 6.07) is 8.21. The predicted molar refractivity (Wildman–Crippen MR) is 86.1 cm³/mol. The molecule has 0 fully saturated rings. The fourth-order valence-electron chi connectivity index (χ4n) is 1.90. The van der Waals surface area contributed by atoms with Crippen LogP contribution in [0, 0.1) is 5.92 Å². The average molecular weight is 292 g/mol. The van der Waals surface area contributed by atoms with E-state index in [0.717, 1.165) is 44.7 Å². The summed E-state index contributed by atoms with van der Waals surface area (Å²) in [7, 11) is 0. The van der Waals surface area contributed by atoms with Crippen LogP contribution in [0.15, 0.2) is 24.3 Å². The van der Waals surface area contributed by atoms with Crippen LogP contribution in [-0.4, -0.2) is 19.1 Å². The lowest BCUT2D eigenvalue weighted by Gasteiger charge is -2.09. The summed E-state index contributed by atoms with van der Waals surface area (Å²) in [4.78, 5) is 10.6. The molecule has 0 aliphatic rings. The van der Waals surface area contributed by atoms with Crippen LogP contribution in [0.2, 0.25) is 0 Å². The maximum absolute atomic E-state index is 10.6. The number of hydrogen-bond acceptors (Lipinski definition) is 3. The zero-order valence-corrected chi connectivity index (χ0v) is 13.2. The van der Waals surface area contributed by atoms with Gasteiger partial charge >= 0.3 is 0 Å². The number of nitrogens with one attached hydrogen (secondary N) is 1. The van der Waals surface area contributed by atoms with Gasteiger partial charge in [-0.3, -0.25) is 4.79 Å². The molecular weight excluding hydrogens is 264 g/mol. The molecule has 3 N–H and O–H groups in total. The topological polar surface area (TPSA) is 64.3 Å². The van der Waals surface area contributed by atoms with Gasteiger partial charge in [-0.2, -0.15) is 0 Å². The summed E-state index contributed by atoms with van der Waals surface area (Å²) in [5.41, 5.74) is 6.33. The Labute approximate surface area is 128 Å². The second-order valence-corrected chi connectivity index (χ2v) is 5.78. The maximum Gasteiger partial charge on any atom is 0.217 e. The van der Waals surface area contributed by atoms with Gasteiger partial charge in [0.15, 0.2) is 0 Å². The molecule has 0 radical (unpaired) electrons. The van der Waals surface area contributed by atoms with Crippen molar-refractivity contribution in [1.82, 2.24) is 5.32 Å². The largest absolute Gasteiger partial charge is 0.494 e. The van der Waals surface area contributed by atoms with Crippen molar-refractivity contribution in [1.29, 1.82) is 0 Å². The van der Waals surface area contributed by atoms with Crippen LogP contribution in [0.5, 0.6) is 5.75 Å². The number of unbranched alkanes of at least 4 members (excludes halogenated alkanes) is 1. The van der Waals surface area contributed by atoms with Crippen LogP contribution in [0.1, 0.15) is 45.1 Å². The molecule has 118 valence electrons. The van der Waals surface area contributed by atoms with Gasteiger partial charge in [-0.05, 0) is 49.4 Å². The molecule has 1 amide bonds. The van der Waals surface area contributed by atoms with Crippen LogP contribution in [0.25, 0.3) is 0 Å². The van der Waals surface area contributed by atoms with E-state index in [-0.39, 0.29) is 5.91 Å². The molecule has 1 rings (SSSR count). The van der Waals surface area contributed by atoms with Crippen LogP contribution >= 0.6 is 0 Å². The smallest absolute Gasteiger partial charge is 0.217 e. The Morgan fingerprint density at radius 2 is 1.95 bits per heavy atom. The van der Waals surface area contributed by atoms with Gasteiger partial charge in [0.05, 0.1) is 6.61 Å². The molecule has 0 bridgehead atoms. The van der Waals surface area contributed by atoms with Crippen molar-refractivity contribution in [3.63, 3.8) is 0 Å². The molecular formula is C17H28N2O2. The van der Waals surface area contributed by atoms with Gasteiger partial charge in [0.1, 0.15) is 5.75 Å². The van der Waals surface area contributed by atoms with Gasteiger partial charge in [-0.15, -0.1) is 0 Å². The lowest BCUT2D eigenvalue weighted by atomic mass is 10.1. The van der Waals surface area contributed by atoms with Gasteiger partial charge in [0.25, 0.3) is 0 Å². The zero-order valence-electron chi connectivity index (χ0n) is 13.2. The number of ether oxygens (including phenoxy) is 1. The van der Waals surface area contributed by atoms with E-state index in [1.54, 1.807) is 0 Å². The molecule has 0 atom stereocenters. The standard InChI is InChI=1S/C17H28N2O2/c1-14(2)10-12-21-16-8-6-15(7-9-16)13-19-11-4-3-5-17(18)20/h6-9,14,19H,3-5,10-13H2,1-2H3,(H2,18,20). The first-order valence-corrected chi connectivity index (χ1v) is 7.78. The second-order valence-electron chi connectivity index (χ2n) is 5.78. The monoisotopic (exact) mass is 292 g/mol. The Morgan fingerprint density at radius 1 is 1.24 bits per heavy atom. The number of benzene rings is 1. The minimum absolute atomic E-state index is 0.219. The first-order valence-electron chi connectivity index (χ1n) is 7.78. The van der Waals surface area contributed by atoms with Crippen molar-refractivity contribution in [3.05, 3.63) is 29.8 Å². The fraction of sp³-hybridized carbons (Fsp3) is 0.588. The molecule has 21 heavy (non-hydrogen) atoms. The number of carbonyl (C=O) groups excluding carboxylic acids is 1. The summed E-state index contributed by atoms with van der Waals surface area (Å²) in [5.74, 6) is 1.38. The lowest BCUT2D eigenvalue weighted by Crippen LogP contribution is -2.16. The van der Waals surface area contributed by atoms with E-state index in [9.17, 15) is 4.79 Å². The third-order valence-electron chi connectivity index (χ3n) is 3.24. The highest BCUT2D eigenvalue weighted by Gasteiger charge is 1.98. The quantitative estimate of drug-likeness (QED) is 0.616. The molecule has 0 saturated carbocycles. The molecule has 0 heterocycles. The van der Waals surface area contributed by atoms with Crippen molar-refractivity contribution < 1.29 is 9.53 Å². The minimum Gasteiger partial charge on any atom is -0.494 e. The number of nitrogens with two attached hydrogens (primary N) is 1. The number of amides is 1. The number of primary amides is 1. The highest BCUT2D eigenvalue weighted by Crippen LogP contribution is 2.13. The van der Waals surface area contributed by atoms with Crippen LogP contribution < -0.4 is 15.8 Å². The second kappa shape index (κ2) is 10.2. The van der Waals surface area contributed by atoms with E-state index in [4.69, 9.17) is 10.5 Å². The minimum atomic E-state index is -0.219. The number of hydrogen-bond donors (Lipinski definition) is 2. The average Bonchev–Trinajstić information content (AvgIpc) is 2.43. The van der Waals surface area contributed by atoms with Gasteiger partial charge in [0.2, 0.25) is 5.91 Å². The van der Waals surface area contributed by atoms with Crippen molar-refractivity contribution in [2.24, 2.45) is 11.7 Å². The predicted octanol–water partition coefficient (Wildman–Crippen LogP) is 2.86. The molecule has 1 aromatic carbocycles. The Morgan fingerprint density at radius 3 is 2.57 bits per heavy atom. The van der Waals surface area contributed by atoms with Gasteiger partial charge in [-0.25, -0.2) is 0 Å². The van der Waals surface area contributed by atoms with E-state index in [1.807, 2.05) is 12.1 Å². The van der Waals surface area contributed by atoms with Gasteiger partial charge in [0, 0.05) is 13.0 Å². The fourth-order valence-corrected chi connectivity index (χ4v) is 1.90. The first-order chi connectivity index (χ1) is 10.1. The van der Waals surface area contributed by atoms with Gasteiger partial charge < -0.3 is 15.8 Å². The Kier molecular flexibility index (Phi) is 8.51. The van der Waals surface area contributed by atoms with Crippen LogP contribution in [0.3, 0.4) is 0 Å². The van der Waals surface area contributed by atoms with Crippen molar-refractivity contribution in [3.8, 4) is 5.75 Å². The summed E-state index contributed by atoms with van der Waals surface area (Å²) in [6.45, 7) is 6.90. The number of carbonyl (C=O) groups is 1. The van der Waals surface area contributed by atoms with E-state index < -0.39 is 0 Å². The van der Waals surface area contributed by atoms with Crippen LogP contribution in [-0.2, 0) is 11.3 Å². The SMILES string of the molecule is CC(C)CCOc1ccc(CNCCCCC(N)=O)cc1. The molecule has 0 aromatic heterocycles. The van der Waals surface area contributed by atoms with E-state index in [1.165, 1.54) is 5.56 Å². The van der Waals surface area contributed by atoms with Crippen molar-refractivity contribution in [2.45, 2.75) is 46.1 Å². The molecule has 0 saturated heterocycles.